The fourth-order valence-corrected chi connectivity index (χ4v) is 4.04. The smallest absolute Gasteiger partial charge is 0.344 e. The van der Waals surface area contributed by atoms with Crippen LogP contribution in [0.5, 0.6) is 17.4 Å². The predicted octanol–water partition coefficient (Wildman–Crippen LogP) is 3.35. The second-order valence-electron chi connectivity index (χ2n) is 6.60. The van der Waals surface area contributed by atoms with Crippen molar-refractivity contribution in [2.75, 3.05) is 7.11 Å². The van der Waals surface area contributed by atoms with Crippen LogP contribution in [0.1, 0.15) is 16.1 Å². The van der Waals surface area contributed by atoms with Crippen LogP contribution < -0.4 is 19.4 Å². The van der Waals surface area contributed by atoms with Gasteiger partial charge in [-0.2, -0.15) is 8.97 Å². The van der Waals surface area contributed by atoms with E-state index in [-0.39, 0.29) is 23.6 Å². The number of thiazole rings is 1. The summed E-state index contributed by atoms with van der Waals surface area (Å²) in [4.78, 5) is 17.0. The number of benzene rings is 1. The zero-order chi connectivity index (χ0) is 21.3. The predicted molar refractivity (Wildman–Crippen MR) is 114 cm³/mol. The third-order valence-corrected chi connectivity index (χ3v) is 5.78. The summed E-state index contributed by atoms with van der Waals surface area (Å²) in [6, 6.07) is 10.9. The highest BCUT2D eigenvalue weighted by molar-refractivity contribution is 7.15. The van der Waals surface area contributed by atoms with Crippen LogP contribution in [0.25, 0.3) is 5.65 Å². The van der Waals surface area contributed by atoms with Crippen LogP contribution in [-0.4, -0.2) is 21.8 Å². The number of rotatable bonds is 6. The van der Waals surface area contributed by atoms with E-state index in [2.05, 4.69) is 4.98 Å². The molecule has 3 heterocycles. The molecular weight excluding hydrogens is 426 g/mol. The fourth-order valence-electron chi connectivity index (χ4n) is 3.18. The number of hydrogen-bond acceptors (Lipinski definition) is 6. The van der Waals surface area contributed by atoms with Gasteiger partial charge in [0.15, 0.2) is 11.5 Å². The Morgan fingerprint density at radius 1 is 1.27 bits per heavy atom. The summed E-state index contributed by atoms with van der Waals surface area (Å²) < 4.78 is 15.1. The molecule has 0 fully saturated rings. The van der Waals surface area contributed by atoms with Gasteiger partial charge in [0, 0.05) is 6.07 Å². The van der Waals surface area contributed by atoms with E-state index in [1.807, 2.05) is 18.2 Å². The molecule has 30 heavy (non-hydrogen) atoms. The zero-order valence-corrected chi connectivity index (χ0v) is 17.9. The van der Waals surface area contributed by atoms with Gasteiger partial charge in [0.1, 0.15) is 28.1 Å². The monoisotopic (exact) mass is 444 g/mol. The van der Waals surface area contributed by atoms with E-state index < -0.39 is 0 Å². The SMILES string of the molecule is COc1cc(Cn2c(=O)c(C)c(O)[n+]3ccccc23)ccc1OCc1ncc(Cl)s1. The lowest BCUT2D eigenvalue weighted by molar-refractivity contribution is -0.527. The number of aromatic hydroxyl groups is 1. The van der Waals surface area contributed by atoms with Gasteiger partial charge in [0.25, 0.3) is 11.5 Å². The first-order valence-electron chi connectivity index (χ1n) is 9.10. The van der Waals surface area contributed by atoms with Gasteiger partial charge in [0.2, 0.25) is 0 Å². The summed E-state index contributed by atoms with van der Waals surface area (Å²) >= 11 is 7.26. The van der Waals surface area contributed by atoms with E-state index in [4.69, 9.17) is 21.1 Å². The molecule has 0 amide bonds. The van der Waals surface area contributed by atoms with Gasteiger partial charge in [-0.3, -0.25) is 0 Å². The minimum Gasteiger partial charge on any atom is -0.493 e. The van der Waals surface area contributed by atoms with Gasteiger partial charge in [0.05, 0.1) is 19.5 Å². The maximum Gasteiger partial charge on any atom is 0.344 e. The molecule has 3 aromatic heterocycles. The lowest BCUT2D eigenvalue weighted by atomic mass is 10.2. The topological polar surface area (TPSA) is 77.7 Å². The summed E-state index contributed by atoms with van der Waals surface area (Å²) in [5, 5.41) is 11.1. The minimum atomic E-state index is -0.251. The van der Waals surface area contributed by atoms with Crippen LogP contribution >= 0.6 is 22.9 Å². The molecule has 0 saturated carbocycles. The van der Waals surface area contributed by atoms with Crippen molar-refractivity contribution >= 4 is 28.6 Å². The van der Waals surface area contributed by atoms with Crippen molar-refractivity contribution in [2.45, 2.75) is 20.1 Å². The van der Waals surface area contributed by atoms with Gasteiger partial charge < -0.3 is 14.6 Å². The molecule has 7 nitrogen and oxygen atoms in total. The van der Waals surface area contributed by atoms with E-state index >= 15 is 0 Å². The van der Waals surface area contributed by atoms with Crippen LogP contribution in [0.2, 0.25) is 4.34 Å². The quantitative estimate of drug-likeness (QED) is 0.461. The molecule has 4 rings (SSSR count). The lowest BCUT2D eigenvalue weighted by Crippen LogP contribution is -2.36. The van der Waals surface area contributed by atoms with E-state index in [0.29, 0.717) is 28.0 Å². The Labute approximate surface area is 181 Å². The molecule has 0 aliphatic carbocycles. The molecule has 4 aromatic rings. The molecule has 0 radical (unpaired) electrons. The highest BCUT2D eigenvalue weighted by Crippen LogP contribution is 2.30. The van der Waals surface area contributed by atoms with Gasteiger partial charge in [-0.1, -0.05) is 23.7 Å². The first-order chi connectivity index (χ1) is 14.5. The Morgan fingerprint density at radius 2 is 2.10 bits per heavy atom. The molecule has 0 saturated heterocycles. The Morgan fingerprint density at radius 3 is 2.83 bits per heavy atom. The Kier molecular flexibility index (Phi) is 5.61. The third kappa shape index (κ3) is 3.83. The number of ether oxygens (including phenoxy) is 2. The minimum absolute atomic E-state index is 0.0598. The van der Waals surface area contributed by atoms with Gasteiger partial charge >= 0.3 is 5.56 Å². The van der Waals surface area contributed by atoms with E-state index in [0.717, 1.165) is 10.6 Å². The normalized spacial score (nSPS) is 11.0. The van der Waals surface area contributed by atoms with Crippen molar-refractivity contribution in [3.63, 3.8) is 0 Å². The maximum absolute atomic E-state index is 12.8. The summed E-state index contributed by atoms with van der Waals surface area (Å²) in [5.74, 6) is 1.06. The van der Waals surface area contributed by atoms with Crippen LogP contribution in [0.3, 0.4) is 0 Å². The summed E-state index contributed by atoms with van der Waals surface area (Å²) in [6.45, 7) is 2.20. The number of hydrogen-bond donors (Lipinski definition) is 1. The molecule has 1 aromatic carbocycles. The van der Waals surface area contributed by atoms with Crippen molar-refractivity contribution < 1.29 is 19.0 Å². The Balaban J connectivity index is 1.65. The van der Waals surface area contributed by atoms with Crippen molar-refractivity contribution in [1.82, 2.24) is 9.55 Å². The van der Waals surface area contributed by atoms with E-state index in [9.17, 15) is 9.90 Å². The molecule has 9 heteroatoms. The number of nitrogens with zero attached hydrogens (tertiary/aromatic N) is 3. The molecule has 154 valence electrons. The Hall–Kier alpha value is -3.10. The van der Waals surface area contributed by atoms with Crippen molar-refractivity contribution in [2.24, 2.45) is 0 Å². The lowest BCUT2D eigenvalue weighted by Gasteiger charge is -2.12. The standard InChI is InChI=1S/C21H18ClN3O4S/c1-13-20(26)24-8-4-3-5-19(24)25(21(13)27)11-14-6-7-15(16(9-14)28-2)29-12-18-23-10-17(22)30-18/h3-10H,11-12H2,1-2H3/p+1. The molecule has 0 unspecified atom stereocenters. The van der Waals surface area contributed by atoms with Crippen molar-refractivity contribution in [1.29, 1.82) is 0 Å². The van der Waals surface area contributed by atoms with E-state index in [1.165, 1.54) is 11.3 Å². The largest absolute Gasteiger partial charge is 0.493 e. The average Bonchev–Trinajstić information content (AvgIpc) is 3.19. The number of methoxy groups -OCH3 is 1. The van der Waals surface area contributed by atoms with Gasteiger partial charge in [-0.05, 0) is 30.7 Å². The molecule has 0 aliphatic rings. The van der Waals surface area contributed by atoms with Crippen molar-refractivity contribution in [3.8, 4) is 17.4 Å². The molecule has 0 aliphatic heterocycles. The number of halogens is 1. The van der Waals surface area contributed by atoms with E-state index in [1.54, 1.807) is 53.6 Å². The van der Waals surface area contributed by atoms with Gasteiger partial charge in [-0.15, -0.1) is 11.3 Å². The average molecular weight is 445 g/mol. The van der Waals surface area contributed by atoms with Crippen LogP contribution in [0, 0.1) is 6.92 Å². The Bertz CT molecular complexity index is 1290. The summed E-state index contributed by atoms with van der Waals surface area (Å²) in [6.07, 6.45) is 3.31. The molecule has 0 atom stereocenters. The molecule has 0 bridgehead atoms. The van der Waals surface area contributed by atoms with Gasteiger partial charge in [-0.25, -0.2) is 9.78 Å². The van der Waals surface area contributed by atoms with Crippen LogP contribution in [0.15, 0.2) is 53.6 Å². The first-order valence-corrected chi connectivity index (χ1v) is 10.3. The van der Waals surface area contributed by atoms with Crippen molar-refractivity contribution in [3.05, 3.63) is 79.6 Å². The maximum atomic E-state index is 12.8. The molecular formula is C21H19ClN3O4S+. The summed E-state index contributed by atoms with van der Waals surface area (Å²) in [5.41, 5.74) is 1.48. The second-order valence-corrected chi connectivity index (χ2v) is 8.35. The first kappa shape index (κ1) is 20.2. The highest BCUT2D eigenvalue weighted by Gasteiger charge is 2.21. The zero-order valence-electron chi connectivity index (χ0n) is 16.3. The highest BCUT2D eigenvalue weighted by atomic mass is 35.5. The van der Waals surface area contributed by atoms with Crippen LogP contribution in [-0.2, 0) is 13.2 Å². The second kappa shape index (κ2) is 8.33. The fraction of sp³-hybridized carbons (Fsp3) is 0.190. The third-order valence-electron chi connectivity index (χ3n) is 4.69. The molecule has 0 spiro atoms. The van der Waals surface area contributed by atoms with Crippen LogP contribution in [0.4, 0.5) is 0 Å². The number of aromatic nitrogens is 3. The molecule has 1 N–H and O–H groups in total. The number of fused-ring (bicyclic) bond motifs is 1. The number of pyridine rings is 1. The summed E-state index contributed by atoms with van der Waals surface area (Å²) in [7, 11) is 1.56.